The van der Waals surface area contributed by atoms with E-state index in [2.05, 4.69) is 19.9 Å². The van der Waals surface area contributed by atoms with E-state index < -0.39 is 0 Å². The van der Waals surface area contributed by atoms with Crippen LogP contribution in [0, 0.1) is 5.92 Å². The Kier molecular flexibility index (Phi) is 3.63. The minimum absolute atomic E-state index is 0.0911. The van der Waals surface area contributed by atoms with Gasteiger partial charge in [-0.2, -0.15) is 0 Å². The molecule has 2 nitrogen and oxygen atoms in total. The third-order valence-electron chi connectivity index (χ3n) is 3.45. The lowest BCUT2D eigenvalue weighted by molar-refractivity contribution is 0.0951. The molecule has 0 amide bonds. The lowest BCUT2D eigenvalue weighted by Gasteiger charge is -2.13. The summed E-state index contributed by atoms with van der Waals surface area (Å²) in [5.41, 5.74) is 9.48. The fourth-order valence-corrected chi connectivity index (χ4v) is 2.55. The van der Waals surface area contributed by atoms with Gasteiger partial charge < -0.3 is 5.73 Å². The van der Waals surface area contributed by atoms with Crippen LogP contribution in [0.2, 0.25) is 0 Å². The van der Waals surface area contributed by atoms with Gasteiger partial charge in [0.15, 0.2) is 5.78 Å². The highest BCUT2D eigenvalue weighted by atomic mass is 16.1. The molecule has 0 fully saturated rings. The summed E-state index contributed by atoms with van der Waals surface area (Å²) in [6.07, 6.45) is 4.23. The summed E-state index contributed by atoms with van der Waals surface area (Å²) in [7, 11) is 0. The number of hydrogen-bond donors (Lipinski definition) is 1. The number of Topliss-reactive ketones (excluding diaryl/α,β-unsaturated/α-hetero) is 1. The van der Waals surface area contributed by atoms with E-state index in [1.807, 2.05) is 12.1 Å². The van der Waals surface area contributed by atoms with Crippen molar-refractivity contribution in [2.45, 2.75) is 45.6 Å². The summed E-state index contributed by atoms with van der Waals surface area (Å²) < 4.78 is 0. The molecule has 0 saturated heterocycles. The Morgan fingerprint density at radius 3 is 2.71 bits per heavy atom. The van der Waals surface area contributed by atoms with E-state index in [1.54, 1.807) is 0 Å². The Hall–Kier alpha value is -1.15. The quantitative estimate of drug-likeness (QED) is 0.810. The molecule has 1 aromatic carbocycles. The number of carbonyl (C=O) groups excluding carboxylic acids is 1. The van der Waals surface area contributed by atoms with Crippen LogP contribution in [0.3, 0.4) is 0 Å². The number of carbonyl (C=O) groups is 1. The molecule has 0 aliphatic heterocycles. The van der Waals surface area contributed by atoms with E-state index in [0.29, 0.717) is 5.92 Å². The van der Waals surface area contributed by atoms with Gasteiger partial charge in [-0.25, -0.2) is 0 Å². The van der Waals surface area contributed by atoms with Gasteiger partial charge in [0, 0.05) is 5.56 Å². The molecular formula is C15H21NO. The standard InChI is InChI=1S/C15H21NO/c1-10(2)8-14(16)15(17)13-7-6-11-4-3-5-12(11)9-13/h6-7,9-10,14H,3-5,8,16H2,1-2H3/t14-/m0/s1. The maximum Gasteiger partial charge on any atom is 0.179 e. The van der Waals surface area contributed by atoms with Gasteiger partial charge in [-0.1, -0.05) is 26.0 Å². The SMILES string of the molecule is CC(C)C[C@H](N)C(=O)c1ccc2c(c1)CCC2. The van der Waals surface area contributed by atoms with Crippen molar-refractivity contribution in [2.24, 2.45) is 11.7 Å². The first-order chi connectivity index (χ1) is 8.08. The van der Waals surface area contributed by atoms with Crippen LogP contribution < -0.4 is 5.73 Å². The molecule has 1 aromatic rings. The first kappa shape index (κ1) is 12.3. The fraction of sp³-hybridized carbons (Fsp3) is 0.533. The van der Waals surface area contributed by atoms with Crippen LogP contribution in [-0.4, -0.2) is 11.8 Å². The second kappa shape index (κ2) is 5.01. The molecule has 0 aromatic heterocycles. The molecular weight excluding hydrogens is 210 g/mol. The molecule has 0 heterocycles. The van der Waals surface area contributed by atoms with Crippen molar-refractivity contribution in [3.63, 3.8) is 0 Å². The smallest absolute Gasteiger partial charge is 0.179 e. The third-order valence-corrected chi connectivity index (χ3v) is 3.45. The van der Waals surface area contributed by atoms with Gasteiger partial charge in [0.2, 0.25) is 0 Å². The Bertz CT molecular complexity index is 423. The van der Waals surface area contributed by atoms with Crippen molar-refractivity contribution in [1.82, 2.24) is 0 Å². The maximum absolute atomic E-state index is 12.2. The van der Waals surface area contributed by atoms with Gasteiger partial charge in [-0.05, 0) is 48.8 Å². The monoisotopic (exact) mass is 231 g/mol. The number of fused-ring (bicyclic) bond motifs is 1. The second-order valence-electron chi connectivity index (χ2n) is 5.44. The molecule has 2 heteroatoms. The fourth-order valence-electron chi connectivity index (χ4n) is 2.55. The maximum atomic E-state index is 12.2. The van der Waals surface area contributed by atoms with Gasteiger partial charge in [-0.3, -0.25) is 4.79 Å². The average molecular weight is 231 g/mol. The molecule has 0 bridgehead atoms. The van der Waals surface area contributed by atoms with Gasteiger partial charge in [0.1, 0.15) is 0 Å². The topological polar surface area (TPSA) is 43.1 Å². The van der Waals surface area contributed by atoms with Crippen LogP contribution in [0.15, 0.2) is 18.2 Å². The largest absolute Gasteiger partial charge is 0.321 e. The summed E-state index contributed by atoms with van der Waals surface area (Å²) in [5, 5.41) is 0. The number of benzene rings is 1. The van der Waals surface area contributed by atoms with Crippen LogP contribution >= 0.6 is 0 Å². The first-order valence-corrected chi connectivity index (χ1v) is 6.49. The predicted octanol–water partition coefficient (Wildman–Crippen LogP) is 2.73. The van der Waals surface area contributed by atoms with Crippen LogP contribution in [0.4, 0.5) is 0 Å². The lowest BCUT2D eigenvalue weighted by atomic mass is 9.95. The zero-order chi connectivity index (χ0) is 12.4. The van der Waals surface area contributed by atoms with E-state index in [4.69, 9.17) is 5.73 Å². The lowest BCUT2D eigenvalue weighted by Crippen LogP contribution is -2.32. The highest BCUT2D eigenvalue weighted by molar-refractivity contribution is 6.00. The van der Waals surface area contributed by atoms with Crippen LogP contribution in [-0.2, 0) is 12.8 Å². The number of nitrogens with two attached hydrogens (primary N) is 1. The molecule has 92 valence electrons. The Balaban J connectivity index is 2.14. The molecule has 0 unspecified atom stereocenters. The number of ketones is 1. The number of aryl methyl sites for hydroxylation is 2. The molecule has 17 heavy (non-hydrogen) atoms. The van der Waals surface area contributed by atoms with E-state index >= 15 is 0 Å². The Morgan fingerprint density at radius 1 is 1.29 bits per heavy atom. The normalized spacial score (nSPS) is 16.0. The summed E-state index contributed by atoms with van der Waals surface area (Å²) in [6.45, 7) is 4.19. The zero-order valence-corrected chi connectivity index (χ0v) is 10.7. The number of hydrogen-bond acceptors (Lipinski definition) is 2. The van der Waals surface area contributed by atoms with Gasteiger partial charge in [0.05, 0.1) is 6.04 Å². The summed E-state index contributed by atoms with van der Waals surface area (Å²) >= 11 is 0. The molecule has 1 aliphatic rings. The highest BCUT2D eigenvalue weighted by Crippen LogP contribution is 2.23. The Morgan fingerprint density at radius 2 is 2.00 bits per heavy atom. The van der Waals surface area contributed by atoms with Crippen molar-refractivity contribution in [3.8, 4) is 0 Å². The van der Waals surface area contributed by atoms with Crippen molar-refractivity contribution >= 4 is 5.78 Å². The van der Waals surface area contributed by atoms with Crippen molar-refractivity contribution in [3.05, 3.63) is 34.9 Å². The summed E-state index contributed by atoms with van der Waals surface area (Å²) in [5.74, 6) is 0.553. The molecule has 0 saturated carbocycles. The van der Waals surface area contributed by atoms with Gasteiger partial charge in [-0.15, -0.1) is 0 Å². The predicted molar refractivity (Wildman–Crippen MR) is 70.2 cm³/mol. The van der Waals surface area contributed by atoms with Crippen LogP contribution in [0.1, 0.15) is 48.2 Å². The second-order valence-corrected chi connectivity index (χ2v) is 5.44. The molecule has 1 atom stereocenters. The van der Waals surface area contributed by atoms with Crippen molar-refractivity contribution in [2.75, 3.05) is 0 Å². The minimum Gasteiger partial charge on any atom is -0.321 e. The van der Waals surface area contributed by atoms with Crippen LogP contribution in [0.25, 0.3) is 0 Å². The summed E-state index contributed by atoms with van der Waals surface area (Å²) in [6, 6.07) is 5.73. The molecule has 2 N–H and O–H groups in total. The van der Waals surface area contributed by atoms with Gasteiger partial charge in [0.25, 0.3) is 0 Å². The van der Waals surface area contributed by atoms with E-state index in [0.717, 1.165) is 24.8 Å². The molecule has 2 rings (SSSR count). The average Bonchev–Trinajstić information content (AvgIpc) is 2.73. The van der Waals surface area contributed by atoms with E-state index in [1.165, 1.54) is 17.5 Å². The highest BCUT2D eigenvalue weighted by Gasteiger charge is 2.19. The van der Waals surface area contributed by atoms with Crippen molar-refractivity contribution < 1.29 is 4.79 Å². The Labute approximate surface area is 103 Å². The van der Waals surface area contributed by atoms with E-state index in [-0.39, 0.29) is 11.8 Å². The summed E-state index contributed by atoms with van der Waals surface area (Å²) in [4.78, 5) is 12.2. The molecule has 0 spiro atoms. The van der Waals surface area contributed by atoms with Gasteiger partial charge >= 0.3 is 0 Å². The number of rotatable bonds is 4. The van der Waals surface area contributed by atoms with Crippen LogP contribution in [0.5, 0.6) is 0 Å². The van der Waals surface area contributed by atoms with Crippen molar-refractivity contribution in [1.29, 1.82) is 0 Å². The minimum atomic E-state index is -0.352. The first-order valence-electron chi connectivity index (χ1n) is 6.49. The zero-order valence-electron chi connectivity index (χ0n) is 10.7. The third kappa shape index (κ3) is 2.75. The molecule has 0 radical (unpaired) electrons. The molecule has 1 aliphatic carbocycles. The van der Waals surface area contributed by atoms with E-state index in [9.17, 15) is 4.79 Å².